The fourth-order valence-corrected chi connectivity index (χ4v) is 2.00. The average molecular weight is 331 g/mol. The zero-order valence-electron chi connectivity index (χ0n) is 13.4. The van der Waals surface area contributed by atoms with Crippen LogP contribution in [-0.4, -0.2) is 11.1 Å². The van der Waals surface area contributed by atoms with Crippen LogP contribution in [0.5, 0.6) is 5.75 Å². The second kappa shape index (κ2) is 8.26. The number of azo groups is 1. The number of hydrazine groups is 1. The first kappa shape index (κ1) is 16.2. The summed E-state index contributed by atoms with van der Waals surface area (Å²) in [5.41, 5.74) is 7.86. The van der Waals surface area contributed by atoms with Gasteiger partial charge >= 0.3 is 0 Å². The Labute approximate surface area is 145 Å². The van der Waals surface area contributed by atoms with Gasteiger partial charge in [0.25, 0.3) is 5.96 Å². The quantitative estimate of drug-likeness (QED) is 0.278. The lowest BCUT2D eigenvalue weighted by Crippen LogP contribution is -2.27. The van der Waals surface area contributed by atoms with Crippen LogP contribution in [0.15, 0.2) is 100 Å². The fourth-order valence-electron chi connectivity index (χ4n) is 2.00. The monoisotopic (exact) mass is 331 g/mol. The highest BCUT2D eigenvalue weighted by Gasteiger charge is 2.02. The summed E-state index contributed by atoms with van der Waals surface area (Å²) in [6.45, 7) is 0. The lowest BCUT2D eigenvalue weighted by atomic mass is 10.3. The summed E-state index contributed by atoms with van der Waals surface area (Å²) in [7, 11) is 0. The molecule has 0 aromatic heterocycles. The van der Waals surface area contributed by atoms with Gasteiger partial charge in [0.05, 0.1) is 11.4 Å². The predicted octanol–water partition coefficient (Wildman–Crippen LogP) is 4.78. The standard InChI is InChI=1S/C19H17N5O/c25-18-14-8-7-13-17(18)20-19(23-21-15-9-3-1-4-10-15)24-22-16-11-5-2-6-12-16/h1-14,21,25H,(H,20,23). The van der Waals surface area contributed by atoms with Crippen molar-refractivity contribution in [1.82, 2.24) is 5.43 Å². The van der Waals surface area contributed by atoms with E-state index in [2.05, 4.69) is 26.1 Å². The SMILES string of the molecule is Oc1ccccc1N=C(N=Nc1ccccc1)NNc1ccccc1. The molecule has 0 aliphatic rings. The van der Waals surface area contributed by atoms with E-state index in [4.69, 9.17) is 0 Å². The molecular formula is C19H17N5O. The number of aliphatic imine (C=N–C) groups is 1. The Bertz CT molecular complexity index is 863. The molecule has 0 heterocycles. The first-order valence-electron chi connectivity index (χ1n) is 7.72. The first-order valence-corrected chi connectivity index (χ1v) is 7.72. The Morgan fingerprint density at radius 1 is 0.760 bits per heavy atom. The molecular weight excluding hydrogens is 314 g/mol. The molecule has 6 nitrogen and oxygen atoms in total. The highest BCUT2D eigenvalue weighted by Crippen LogP contribution is 2.25. The number of benzene rings is 3. The van der Waals surface area contributed by atoms with E-state index in [0.29, 0.717) is 11.4 Å². The fraction of sp³-hybridized carbons (Fsp3) is 0. The highest BCUT2D eigenvalue weighted by atomic mass is 16.3. The van der Waals surface area contributed by atoms with E-state index in [1.54, 1.807) is 24.3 Å². The zero-order valence-corrected chi connectivity index (χ0v) is 13.4. The van der Waals surface area contributed by atoms with E-state index in [0.717, 1.165) is 5.69 Å². The number of hydrogen-bond donors (Lipinski definition) is 3. The van der Waals surface area contributed by atoms with Crippen molar-refractivity contribution in [1.29, 1.82) is 0 Å². The third-order valence-electron chi connectivity index (χ3n) is 3.22. The van der Waals surface area contributed by atoms with Crippen LogP contribution < -0.4 is 10.9 Å². The lowest BCUT2D eigenvalue weighted by Gasteiger charge is -2.08. The molecule has 3 N–H and O–H groups in total. The van der Waals surface area contributed by atoms with Crippen LogP contribution in [-0.2, 0) is 0 Å². The zero-order chi connectivity index (χ0) is 17.3. The van der Waals surface area contributed by atoms with Crippen LogP contribution >= 0.6 is 0 Å². The molecule has 0 amide bonds. The Morgan fingerprint density at radius 2 is 1.40 bits per heavy atom. The van der Waals surface area contributed by atoms with Crippen molar-refractivity contribution in [2.45, 2.75) is 0 Å². The van der Waals surface area contributed by atoms with E-state index in [9.17, 15) is 5.11 Å². The number of nitrogens with one attached hydrogen (secondary N) is 2. The smallest absolute Gasteiger partial charge is 0.262 e. The molecule has 0 saturated carbocycles. The Hall–Kier alpha value is -3.67. The maximum atomic E-state index is 9.90. The number of anilines is 1. The number of phenolic OH excluding ortho intramolecular Hbond substituents is 1. The van der Waals surface area contributed by atoms with Crippen molar-refractivity contribution in [3.63, 3.8) is 0 Å². The summed E-state index contributed by atoms with van der Waals surface area (Å²) in [4.78, 5) is 4.32. The number of hydrogen-bond acceptors (Lipinski definition) is 4. The number of rotatable bonds is 4. The van der Waals surface area contributed by atoms with Crippen LogP contribution in [0.1, 0.15) is 0 Å². The third-order valence-corrected chi connectivity index (χ3v) is 3.22. The van der Waals surface area contributed by atoms with Gasteiger partial charge in [0, 0.05) is 0 Å². The van der Waals surface area contributed by atoms with Gasteiger partial charge in [0.2, 0.25) is 0 Å². The van der Waals surface area contributed by atoms with Crippen molar-refractivity contribution in [2.24, 2.45) is 15.2 Å². The molecule has 0 bridgehead atoms. The summed E-state index contributed by atoms with van der Waals surface area (Å²) in [5.74, 6) is 0.283. The molecule has 0 aliphatic heterocycles. The molecule has 0 saturated heterocycles. The van der Waals surface area contributed by atoms with Gasteiger partial charge in [-0.05, 0) is 36.4 Å². The van der Waals surface area contributed by atoms with Gasteiger partial charge < -0.3 is 5.11 Å². The first-order chi connectivity index (χ1) is 12.3. The normalized spacial score (nSPS) is 11.4. The maximum Gasteiger partial charge on any atom is 0.262 e. The average Bonchev–Trinajstić information content (AvgIpc) is 2.67. The maximum absolute atomic E-state index is 9.90. The van der Waals surface area contributed by atoms with Gasteiger partial charge in [-0.2, -0.15) is 0 Å². The molecule has 3 aromatic carbocycles. The van der Waals surface area contributed by atoms with Gasteiger partial charge in [-0.3, -0.25) is 10.9 Å². The van der Waals surface area contributed by atoms with Crippen molar-refractivity contribution >= 4 is 23.0 Å². The predicted molar refractivity (Wildman–Crippen MR) is 99.4 cm³/mol. The van der Waals surface area contributed by atoms with Gasteiger partial charge in [-0.15, -0.1) is 10.2 Å². The van der Waals surface area contributed by atoms with Crippen LogP contribution in [0.4, 0.5) is 17.1 Å². The molecule has 124 valence electrons. The number of aromatic hydroxyl groups is 1. The van der Waals surface area contributed by atoms with Crippen molar-refractivity contribution in [2.75, 3.05) is 5.43 Å². The van der Waals surface area contributed by atoms with E-state index in [1.165, 1.54) is 0 Å². The molecule has 0 atom stereocenters. The second-order valence-electron chi connectivity index (χ2n) is 5.08. The summed E-state index contributed by atoms with van der Waals surface area (Å²) in [6.07, 6.45) is 0. The highest BCUT2D eigenvalue weighted by molar-refractivity contribution is 5.85. The molecule has 25 heavy (non-hydrogen) atoms. The van der Waals surface area contributed by atoms with Crippen molar-refractivity contribution in [3.05, 3.63) is 84.9 Å². The third kappa shape index (κ3) is 4.90. The minimum Gasteiger partial charge on any atom is -0.506 e. The lowest BCUT2D eigenvalue weighted by molar-refractivity contribution is 0.477. The summed E-state index contributed by atoms with van der Waals surface area (Å²) >= 11 is 0. The number of phenols is 1. The minimum absolute atomic E-state index is 0.0661. The number of guanidine groups is 1. The molecule has 3 aromatic rings. The molecule has 3 rings (SSSR count). The molecule has 6 heteroatoms. The molecule has 0 aliphatic carbocycles. The van der Waals surface area contributed by atoms with Crippen LogP contribution in [0.3, 0.4) is 0 Å². The van der Waals surface area contributed by atoms with Gasteiger partial charge in [-0.1, -0.05) is 48.5 Å². The number of nitrogens with zero attached hydrogens (tertiary/aromatic N) is 3. The Balaban J connectivity index is 1.83. The van der Waals surface area contributed by atoms with E-state index < -0.39 is 0 Å². The largest absolute Gasteiger partial charge is 0.506 e. The van der Waals surface area contributed by atoms with Crippen molar-refractivity contribution in [3.8, 4) is 5.75 Å². The van der Waals surface area contributed by atoms with Crippen LogP contribution in [0.2, 0.25) is 0 Å². The summed E-state index contributed by atoms with van der Waals surface area (Å²) < 4.78 is 0. The van der Waals surface area contributed by atoms with E-state index in [-0.39, 0.29) is 11.7 Å². The van der Waals surface area contributed by atoms with Crippen LogP contribution in [0.25, 0.3) is 0 Å². The Morgan fingerprint density at radius 3 is 2.12 bits per heavy atom. The van der Waals surface area contributed by atoms with Gasteiger partial charge in [-0.25, -0.2) is 4.99 Å². The molecule has 0 spiro atoms. The number of para-hydroxylation sites is 3. The Kier molecular flexibility index (Phi) is 5.35. The summed E-state index contributed by atoms with van der Waals surface area (Å²) in [6, 6.07) is 25.7. The molecule has 0 fully saturated rings. The minimum atomic E-state index is 0.0661. The molecule has 0 radical (unpaired) electrons. The summed E-state index contributed by atoms with van der Waals surface area (Å²) in [5, 5.41) is 18.2. The van der Waals surface area contributed by atoms with E-state index >= 15 is 0 Å². The van der Waals surface area contributed by atoms with E-state index in [1.807, 2.05) is 60.7 Å². The van der Waals surface area contributed by atoms with Gasteiger partial charge in [0.1, 0.15) is 11.4 Å². The molecule has 0 unspecified atom stereocenters. The second-order valence-corrected chi connectivity index (χ2v) is 5.08. The topological polar surface area (TPSA) is 81.4 Å². The van der Waals surface area contributed by atoms with Crippen LogP contribution in [0, 0.1) is 0 Å². The van der Waals surface area contributed by atoms with Gasteiger partial charge in [0.15, 0.2) is 0 Å². The van der Waals surface area contributed by atoms with Crippen molar-refractivity contribution < 1.29 is 5.11 Å².